The second-order valence-electron chi connectivity index (χ2n) is 6.03. The molecule has 126 valence electrons. The summed E-state index contributed by atoms with van der Waals surface area (Å²) in [7, 11) is 0. The molecule has 2 aromatic rings. The maximum atomic E-state index is 12.7. The van der Waals surface area contributed by atoms with E-state index in [1.165, 1.54) is 4.90 Å². The van der Waals surface area contributed by atoms with E-state index in [4.69, 9.17) is 9.47 Å². The summed E-state index contributed by atoms with van der Waals surface area (Å²) in [4.78, 5) is 14.2. The van der Waals surface area contributed by atoms with Crippen molar-refractivity contribution in [1.29, 1.82) is 0 Å². The van der Waals surface area contributed by atoms with Gasteiger partial charge in [-0.2, -0.15) is 0 Å². The highest BCUT2D eigenvalue weighted by Crippen LogP contribution is 2.25. The van der Waals surface area contributed by atoms with Crippen molar-refractivity contribution in [2.45, 2.75) is 5.92 Å². The van der Waals surface area contributed by atoms with Crippen LogP contribution in [0.5, 0.6) is 0 Å². The van der Waals surface area contributed by atoms with Crippen LogP contribution in [0.15, 0.2) is 60.7 Å². The number of esters is 1. The predicted molar refractivity (Wildman–Crippen MR) is 92.1 cm³/mol. The van der Waals surface area contributed by atoms with Crippen molar-refractivity contribution in [3.05, 3.63) is 71.8 Å². The predicted octanol–water partition coefficient (Wildman–Crippen LogP) is 1.28. The molecule has 0 amide bonds. The molecule has 0 aromatic heterocycles. The molecular weight excluding hydrogens is 302 g/mol. The minimum absolute atomic E-state index is 0.181. The average Bonchev–Trinajstić information content (AvgIpc) is 2.65. The zero-order valence-corrected chi connectivity index (χ0v) is 13.8. The Kier molecular flexibility index (Phi) is 5.99. The molecule has 0 aliphatic carbocycles. The highest BCUT2D eigenvalue weighted by Gasteiger charge is 2.24. The van der Waals surface area contributed by atoms with Gasteiger partial charge in [0.25, 0.3) is 0 Å². The summed E-state index contributed by atoms with van der Waals surface area (Å²) in [5.74, 6) is -0.549. The van der Waals surface area contributed by atoms with Crippen LogP contribution >= 0.6 is 0 Å². The first kappa shape index (κ1) is 16.7. The van der Waals surface area contributed by atoms with E-state index >= 15 is 0 Å². The first-order valence-electron chi connectivity index (χ1n) is 8.52. The molecule has 1 aliphatic rings. The second kappa shape index (κ2) is 8.62. The maximum Gasteiger partial charge on any atom is 0.318 e. The molecule has 0 radical (unpaired) electrons. The fraction of sp³-hybridized carbons (Fsp3) is 0.350. The SMILES string of the molecule is O=C(OCC[NH+]1CCOCC1)C(c1ccccc1)c1ccccc1. The number of hydrogen-bond donors (Lipinski definition) is 1. The minimum atomic E-state index is -0.368. The third kappa shape index (κ3) is 4.43. The van der Waals surface area contributed by atoms with E-state index in [0.29, 0.717) is 6.61 Å². The van der Waals surface area contributed by atoms with E-state index in [9.17, 15) is 4.79 Å². The Morgan fingerprint density at radius 2 is 1.50 bits per heavy atom. The van der Waals surface area contributed by atoms with Gasteiger partial charge in [-0.1, -0.05) is 60.7 Å². The zero-order chi connectivity index (χ0) is 16.6. The monoisotopic (exact) mass is 326 g/mol. The molecule has 0 atom stereocenters. The summed E-state index contributed by atoms with van der Waals surface area (Å²) >= 11 is 0. The van der Waals surface area contributed by atoms with Crippen LogP contribution in [-0.2, 0) is 14.3 Å². The lowest BCUT2D eigenvalue weighted by Crippen LogP contribution is -3.14. The molecule has 1 aliphatic heterocycles. The molecule has 4 heteroatoms. The molecule has 24 heavy (non-hydrogen) atoms. The number of benzene rings is 2. The number of carbonyl (C=O) groups excluding carboxylic acids is 1. The smallest absolute Gasteiger partial charge is 0.318 e. The van der Waals surface area contributed by atoms with Gasteiger partial charge in [-0.15, -0.1) is 0 Å². The highest BCUT2D eigenvalue weighted by molar-refractivity contribution is 5.82. The van der Waals surface area contributed by atoms with Crippen LogP contribution in [0.25, 0.3) is 0 Å². The average molecular weight is 326 g/mol. The van der Waals surface area contributed by atoms with Crippen LogP contribution in [0.2, 0.25) is 0 Å². The molecule has 0 bridgehead atoms. The molecule has 1 saturated heterocycles. The quantitative estimate of drug-likeness (QED) is 0.813. The van der Waals surface area contributed by atoms with Crippen molar-refractivity contribution >= 4 is 5.97 Å². The second-order valence-corrected chi connectivity index (χ2v) is 6.03. The van der Waals surface area contributed by atoms with E-state index in [-0.39, 0.29) is 11.9 Å². The van der Waals surface area contributed by atoms with Crippen molar-refractivity contribution in [3.8, 4) is 0 Å². The topological polar surface area (TPSA) is 40.0 Å². The molecule has 0 spiro atoms. The van der Waals surface area contributed by atoms with Gasteiger partial charge in [0.05, 0.1) is 13.2 Å². The number of rotatable bonds is 6. The van der Waals surface area contributed by atoms with E-state index in [1.54, 1.807) is 0 Å². The first-order valence-corrected chi connectivity index (χ1v) is 8.52. The van der Waals surface area contributed by atoms with Gasteiger partial charge in [-0.3, -0.25) is 4.79 Å². The van der Waals surface area contributed by atoms with Gasteiger partial charge in [0.2, 0.25) is 0 Å². The lowest BCUT2D eigenvalue weighted by molar-refractivity contribution is -0.908. The summed E-state index contributed by atoms with van der Waals surface area (Å²) in [6, 6.07) is 19.6. The lowest BCUT2D eigenvalue weighted by Gasteiger charge is -2.24. The Morgan fingerprint density at radius 1 is 0.958 bits per heavy atom. The van der Waals surface area contributed by atoms with Crippen molar-refractivity contribution < 1.29 is 19.2 Å². The standard InChI is InChI=1S/C20H23NO3/c22-20(24-16-13-21-11-14-23-15-12-21)19(17-7-3-1-4-8-17)18-9-5-2-6-10-18/h1-10,19H,11-16H2/p+1. The molecule has 0 saturated carbocycles. The van der Waals surface area contributed by atoms with Gasteiger partial charge in [0.1, 0.15) is 32.2 Å². The van der Waals surface area contributed by atoms with Crippen molar-refractivity contribution in [2.24, 2.45) is 0 Å². The molecule has 2 aromatic carbocycles. The summed E-state index contributed by atoms with van der Waals surface area (Å²) in [6.07, 6.45) is 0. The number of ether oxygens (including phenoxy) is 2. The van der Waals surface area contributed by atoms with E-state index in [2.05, 4.69) is 0 Å². The van der Waals surface area contributed by atoms with Crippen molar-refractivity contribution in [2.75, 3.05) is 39.5 Å². The Morgan fingerprint density at radius 3 is 2.04 bits per heavy atom. The zero-order valence-electron chi connectivity index (χ0n) is 13.8. The van der Waals surface area contributed by atoms with Gasteiger partial charge in [0.15, 0.2) is 0 Å². The maximum absolute atomic E-state index is 12.7. The van der Waals surface area contributed by atoms with Gasteiger partial charge >= 0.3 is 5.97 Å². The highest BCUT2D eigenvalue weighted by atomic mass is 16.5. The number of carbonyl (C=O) groups is 1. The third-order valence-electron chi connectivity index (χ3n) is 4.40. The van der Waals surface area contributed by atoms with Gasteiger partial charge in [0, 0.05) is 0 Å². The van der Waals surface area contributed by atoms with Crippen LogP contribution in [0.4, 0.5) is 0 Å². The van der Waals surface area contributed by atoms with Crippen LogP contribution in [0.3, 0.4) is 0 Å². The normalized spacial score (nSPS) is 15.4. The fourth-order valence-corrected chi connectivity index (χ4v) is 3.04. The number of morpholine rings is 1. The molecule has 1 heterocycles. The van der Waals surface area contributed by atoms with E-state index in [0.717, 1.165) is 44.0 Å². The number of hydrogen-bond acceptors (Lipinski definition) is 3. The third-order valence-corrected chi connectivity index (χ3v) is 4.40. The molecule has 1 fully saturated rings. The fourth-order valence-electron chi connectivity index (χ4n) is 3.04. The number of quaternary nitrogens is 1. The molecule has 4 nitrogen and oxygen atoms in total. The summed E-state index contributed by atoms with van der Waals surface area (Å²) < 4.78 is 11.0. The van der Waals surface area contributed by atoms with Crippen molar-refractivity contribution in [1.82, 2.24) is 0 Å². The summed E-state index contributed by atoms with van der Waals surface area (Å²) in [5, 5.41) is 0. The Hall–Kier alpha value is -2.17. The van der Waals surface area contributed by atoms with Crippen LogP contribution in [-0.4, -0.2) is 45.4 Å². The Bertz CT molecular complexity index is 584. The van der Waals surface area contributed by atoms with E-state index < -0.39 is 0 Å². The summed E-state index contributed by atoms with van der Waals surface area (Å²) in [6.45, 7) is 4.84. The van der Waals surface area contributed by atoms with Crippen LogP contribution < -0.4 is 4.90 Å². The first-order chi connectivity index (χ1) is 11.8. The van der Waals surface area contributed by atoms with Gasteiger partial charge < -0.3 is 14.4 Å². The van der Waals surface area contributed by atoms with E-state index in [1.807, 2.05) is 60.7 Å². The molecular formula is C20H24NO3+. The molecule has 0 unspecified atom stereocenters. The lowest BCUT2D eigenvalue weighted by atomic mass is 9.91. The van der Waals surface area contributed by atoms with Gasteiger partial charge in [-0.05, 0) is 11.1 Å². The van der Waals surface area contributed by atoms with Crippen LogP contribution in [0, 0.1) is 0 Å². The largest absolute Gasteiger partial charge is 0.459 e. The van der Waals surface area contributed by atoms with Crippen LogP contribution in [0.1, 0.15) is 17.0 Å². The Balaban J connectivity index is 1.65. The van der Waals surface area contributed by atoms with Crippen molar-refractivity contribution in [3.63, 3.8) is 0 Å². The Labute approximate surface area is 143 Å². The van der Waals surface area contributed by atoms with Gasteiger partial charge in [-0.25, -0.2) is 0 Å². The molecule has 3 rings (SSSR count). The molecule has 1 N–H and O–H groups in total. The minimum Gasteiger partial charge on any atom is -0.459 e. The number of nitrogens with one attached hydrogen (secondary N) is 1. The summed E-state index contributed by atoms with van der Waals surface area (Å²) in [5.41, 5.74) is 1.93.